The summed E-state index contributed by atoms with van der Waals surface area (Å²) in [5, 5.41) is 14.8. The van der Waals surface area contributed by atoms with Crippen molar-refractivity contribution in [3.8, 4) is 17.1 Å². The molecule has 0 saturated carbocycles. The summed E-state index contributed by atoms with van der Waals surface area (Å²) in [6.07, 6.45) is 1.34. The second-order valence-corrected chi connectivity index (χ2v) is 5.96. The summed E-state index contributed by atoms with van der Waals surface area (Å²) in [6.45, 7) is 0. The molecule has 0 aliphatic heterocycles. The molecular weight excluding hydrogens is 386 g/mol. The number of amides is 1. The number of rotatable bonds is 6. The van der Waals surface area contributed by atoms with Crippen LogP contribution in [0.1, 0.15) is 16.1 Å². The topological polar surface area (TPSA) is 107 Å². The Kier molecular flexibility index (Phi) is 5.71. The number of nitrogens with one attached hydrogen (secondary N) is 1. The summed E-state index contributed by atoms with van der Waals surface area (Å²) in [7, 11) is 1.54. The number of non-ortho nitro benzene ring substituents is 1. The summed E-state index contributed by atoms with van der Waals surface area (Å²) in [5.74, 6) is 1.06. The average molecular weight is 400 g/mol. The van der Waals surface area contributed by atoms with Gasteiger partial charge in [0.25, 0.3) is 11.6 Å². The van der Waals surface area contributed by atoms with Crippen LogP contribution in [-0.4, -0.2) is 24.2 Å². The highest BCUT2D eigenvalue weighted by molar-refractivity contribution is 6.33. The van der Waals surface area contributed by atoms with Gasteiger partial charge >= 0.3 is 0 Å². The molecular formula is C19H14ClN3O5. The first-order valence-electron chi connectivity index (χ1n) is 7.99. The Morgan fingerprint density at radius 1 is 1.21 bits per heavy atom. The van der Waals surface area contributed by atoms with Crippen LogP contribution in [0.25, 0.3) is 11.3 Å². The maximum absolute atomic E-state index is 12.0. The van der Waals surface area contributed by atoms with Crippen molar-refractivity contribution in [2.24, 2.45) is 5.10 Å². The lowest BCUT2D eigenvalue weighted by molar-refractivity contribution is -0.384. The van der Waals surface area contributed by atoms with E-state index in [2.05, 4.69) is 10.5 Å². The van der Waals surface area contributed by atoms with Crippen LogP contribution in [0.5, 0.6) is 5.75 Å². The fraction of sp³-hybridized carbons (Fsp3) is 0.0526. The number of hydrazone groups is 1. The van der Waals surface area contributed by atoms with Crippen molar-refractivity contribution in [1.29, 1.82) is 0 Å². The Balaban J connectivity index is 1.67. The van der Waals surface area contributed by atoms with Crippen molar-refractivity contribution in [2.75, 3.05) is 7.11 Å². The maximum Gasteiger partial charge on any atom is 0.271 e. The molecule has 0 bridgehead atoms. The predicted octanol–water partition coefficient (Wildman–Crippen LogP) is 4.28. The predicted molar refractivity (Wildman–Crippen MR) is 104 cm³/mol. The second kappa shape index (κ2) is 8.36. The number of benzene rings is 2. The minimum atomic E-state index is -0.526. The number of halogens is 1. The normalized spacial score (nSPS) is 10.8. The van der Waals surface area contributed by atoms with Gasteiger partial charge in [-0.3, -0.25) is 14.9 Å². The molecule has 0 aliphatic rings. The first-order chi connectivity index (χ1) is 13.5. The molecule has 9 heteroatoms. The molecule has 2 aromatic carbocycles. The van der Waals surface area contributed by atoms with Gasteiger partial charge in [0.15, 0.2) is 0 Å². The van der Waals surface area contributed by atoms with Gasteiger partial charge in [-0.1, -0.05) is 11.6 Å². The Hall–Kier alpha value is -3.65. The molecule has 3 rings (SSSR count). The third-order valence-corrected chi connectivity index (χ3v) is 4.08. The number of nitro groups is 1. The lowest BCUT2D eigenvalue weighted by atomic mass is 10.1. The third kappa shape index (κ3) is 4.36. The van der Waals surface area contributed by atoms with E-state index in [1.54, 1.807) is 43.5 Å². The minimum Gasteiger partial charge on any atom is -0.497 e. The van der Waals surface area contributed by atoms with Crippen LogP contribution >= 0.6 is 11.6 Å². The summed E-state index contributed by atoms with van der Waals surface area (Å²) < 4.78 is 10.6. The van der Waals surface area contributed by atoms with Crippen molar-refractivity contribution in [3.63, 3.8) is 0 Å². The van der Waals surface area contributed by atoms with E-state index in [0.29, 0.717) is 28.4 Å². The number of methoxy groups -OCH3 is 1. The van der Waals surface area contributed by atoms with Crippen molar-refractivity contribution in [2.45, 2.75) is 0 Å². The van der Waals surface area contributed by atoms with Crippen LogP contribution in [0.15, 0.2) is 64.1 Å². The monoisotopic (exact) mass is 399 g/mol. The van der Waals surface area contributed by atoms with Crippen LogP contribution in [0.4, 0.5) is 5.69 Å². The first kappa shape index (κ1) is 19.1. The number of carbonyl (C=O) groups is 1. The highest BCUT2D eigenvalue weighted by atomic mass is 35.5. The van der Waals surface area contributed by atoms with E-state index in [1.807, 2.05) is 0 Å². The minimum absolute atomic E-state index is 0.108. The molecule has 0 atom stereocenters. The van der Waals surface area contributed by atoms with E-state index in [0.717, 1.165) is 0 Å². The lowest BCUT2D eigenvalue weighted by Crippen LogP contribution is -2.17. The zero-order valence-electron chi connectivity index (χ0n) is 14.6. The molecule has 1 amide bonds. The van der Waals surface area contributed by atoms with Gasteiger partial charge in [-0.2, -0.15) is 5.10 Å². The number of hydrogen-bond acceptors (Lipinski definition) is 6. The van der Waals surface area contributed by atoms with Gasteiger partial charge in [-0.25, -0.2) is 5.43 Å². The molecule has 0 radical (unpaired) electrons. The quantitative estimate of drug-likeness (QED) is 0.378. The molecule has 0 saturated heterocycles. The number of hydrogen-bond donors (Lipinski definition) is 1. The van der Waals surface area contributed by atoms with Gasteiger partial charge in [-0.15, -0.1) is 0 Å². The van der Waals surface area contributed by atoms with Crippen LogP contribution in [0.3, 0.4) is 0 Å². The average Bonchev–Trinajstić information content (AvgIpc) is 3.16. The molecule has 0 fully saturated rings. The molecule has 1 heterocycles. The van der Waals surface area contributed by atoms with E-state index in [-0.39, 0.29) is 16.6 Å². The van der Waals surface area contributed by atoms with Gasteiger partial charge < -0.3 is 9.15 Å². The standard InChI is InChI=1S/C19H14ClN3O5/c1-27-14-5-2-12(3-6-14)19(24)22-21-11-15-7-9-18(28-15)16-8-4-13(23(25)26)10-17(16)20/h2-11H,1H3,(H,22,24)/b21-11-. The summed E-state index contributed by atoms with van der Waals surface area (Å²) in [6, 6.07) is 14.0. The van der Waals surface area contributed by atoms with Crippen molar-refractivity contribution in [3.05, 3.63) is 81.1 Å². The SMILES string of the molecule is COc1ccc(C(=O)N/N=C\c2ccc(-c3ccc([N+](=O)[O-])cc3Cl)o2)cc1. The number of nitro benzene ring substituents is 1. The van der Waals surface area contributed by atoms with Gasteiger partial charge in [0.05, 0.1) is 23.3 Å². The molecule has 0 spiro atoms. The van der Waals surface area contributed by atoms with Crippen LogP contribution in [-0.2, 0) is 0 Å². The Labute approximate surface area is 164 Å². The van der Waals surface area contributed by atoms with E-state index in [1.165, 1.54) is 24.4 Å². The first-order valence-corrected chi connectivity index (χ1v) is 8.37. The summed E-state index contributed by atoms with van der Waals surface area (Å²) in [5.41, 5.74) is 3.22. The number of nitrogens with zero attached hydrogens (tertiary/aromatic N) is 2. The van der Waals surface area contributed by atoms with Gasteiger partial charge in [0.1, 0.15) is 17.3 Å². The van der Waals surface area contributed by atoms with Crippen LogP contribution < -0.4 is 10.2 Å². The zero-order chi connectivity index (χ0) is 20.1. The highest BCUT2D eigenvalue weighted by Gasteiger charge is 2.13. The second-order valence-electron chi connectivity index (χ2n) is 5.55. The molecule has 1 aromatic heterocycles. The van der Waals surface area contributed by atoms with Crippen LogP contribution in [0, 0.1) is 10.1 Å². The Morgan fingerprint density at radius 2 is 1.96 bits per heavy atom. The van der Waals surface area contributed by atoms with Crippen LogP contribution in [0.2, 0.25) is 5.02 Å². The van der Waals surface area contributed by atoms with Crippen molar-refractivity contribution >= 4 is 29.4 Å². The maximum atomic E-state index is 12.0. The van der Waals surface area contributed by atoms with Gasteiger partial charge in [-0.05, 0) is 42.5 Å². The Morgan fingerprint density at radius 3 is 2.61 bits per heavy atom. The van der Waals surface area contributed by atoms with Gasteiger partial charge in [0.2, 0.25) is 0 Å². The van der Waals surface area contributed by atoms with E-state index < -0.39 is 4.92 Å². The Bertz CT molecular complexity index is 1040. The van der Waals surface area contributed by atoms with Gasteiger partial charge in [0, 0.05) is 23.3 Å². The fourth-order valence-electron chi connectivity index (χ4n) is 2.35. The molecule has 0 unspecified atom stereocenters. The summed E-state index contributed by atoms with van der Waals surface area (Å²) >= 11 is 6.09. The number of ether oxygens (including phenoxy) is 1. The number of carbonyl (C=O) groups excluding carboxylic acids is 1. The zero-order valence-corrected chi connectivity index (χ0v) is 15.3. The van der Waals surface area contributed by atoms with E-state index in [9.17, 15) is 14.9 Å². The molecule has 28 heavy (non-hydrogen) atoms. The van der Waals surface area contributed by atoms with Crippen molar-refractivity contribution in [1.82, 2.24) is 5.43 Å². The summed E-state index contributed by atoms with van der Waals surface area (Å²) in [4.78, 5) is 22.3. The molecule has 3 aromatic rings. The number of furan rings is 1. The van der Waals surface area contributed by atoms with E-state index in [4.69, 9.17) is 20.8 Å². The third-order valence-electron chi connectivity index (χ3n) is 3.77. The van der Waals surface area contributed by atoms with E-state index >= 15 is 0 Å². The smallest absolute Gasteiger partial charge is 0.271 e. The fourth-order valence-corrected chi connectivity index (χ4v) is 2.61. The molecule has 0 aliphatic carbocycles. The molecule has 8 nitrogen and oxygen atoms in total. The molecule has 1 N–H and O–H groups in total. The van der Waals surface area contributed by atoms with Crippen molar-refractivity contribution < 1.29 is 18.9 Å². The molecule has 142 valence electrons. The lowest BCUT2D eigenvalue weighted by Gasteiger charge is -2.02. The largest absolute Gasteiger partial charge is 0.497 e. The highest BCUT2D eigenvalue weighted by Crippen LogP contribution is 2.32.